The van der Waals surface area contributed by atoms with Crippen molar-refractivity contribution in [1.82, 2.24) is 20.7 Å². The maximum absolute atomic E-state index is 12.3. The Balaban J connectivity index is 1.29. The highest BCUT2D eigenvalue weighted by molar-refractivity contribution is 5.76. The molecule has 2 heterocycles. The van der Waals surface area contributed by atoms with Gasteiger partial charge < -0.3 is 15.2 Å². The van der Waals surface area contributed by atoms with Crippen molar-refractivity contribution in [2.75, 3.05) is 20.1 Å². The second kappa shape index (κ2) is 9.55. The van der Waals surface area contributed by atoms with Gasteiger partial charge in [-0.15, -0.1) is 0 Å². The molecule has 0 spiro atoms. The lowest BCUT2D eigenvalue weighted by atomic mass is 9.81. The van der Waals surface area contributed by atoms with Crippen LogP contribution in [0.1, 0.15) is 42.7 Å². The van der Waals surface area contributed by atoms with Crippen LogP contribution in [0.25, 0.3) is 0 Å². The fourth-order valence-electron chi connectivity index (χ4n) is 4.25. The number of hydrogen-bond donors (Lipinski definition) is 2. The molecule has 0 radical (unpaired) electrons. The van der Waals surface area contributed by atoms with Gasteiger partial charge >= 0.3 is 0 Å². The van der Waals surface area contributed by atoms with Gasteiger partial charge in [0.05, 0.1) is 12.2 Å². The summed E-state index contributed by atoms with van der Waals surface area (Å²) in [4.78, 5) is 14.5. The Hall–Kier alpha value is -2.18. The number of piperidine rings is 1. The minimum atomic E-state index is 0.216. The van der Waals surface area contributed by atoms with Gasteiger partial charge in [-0.2, -0.15) is 0 Å². The first kappa shape index (κ1) is 20.1. The van der Waals surface area contributed by atoms with Crippen molar-refractivity contribution in [2.24, 2.45) is 11.8 Å². The fourth-order valence-corrected chi connectivity index (χ4v) is 4.25. The summed E-state index contributed by atoms with van der Waals surface area (Å²) in [6.07, 6.45) is 4.82. The van der Waals surface area contributed by atoms with Crippen molar-refractivity contribution < 1.29 is 9.32 Å². The van der Waals surface area contributed by atoms with E-state index in [9.17, 15) is 4.79 Å². The molecule has 2 fully saturated rings. The zero-order valence-corrected chi connectivity index (χ0v) is 17.3. The molecule has 1 aromatic heterocycles. The van der Waals surface area contributed by atoms with Crippen LogP contribution in [0.5, 0.6) is 0 Å². The number of nitrogens with one attached hydrogen (secondary N) is 2. The summed E-state index contributed by atoms with van der Waals surface area (Å²) in [6.45, 7) is 3.54. The summed E-state index contributed by atoms with van der Waals surface area (Å²) in [5.74, 6) is 1.95. The summed E-state index contributed by atoms with van der Waals surface area (Å²) < 4.78 is 5.60. The molecule has 1 aliphatic heterocycles. The van der Waals surface area contributed by atoms with E-state index in [4.69, 9.17) is 4.52 Å². The van der Waals surface area contributed by atoms with Crippen LogP contribution in [0.4, 0.5) is 0 Å². The molecule has 156 valence electrons. The Morgan fingerprint density at radius 1 is 1.21 bits per heavy atom. The van der Waals surface area contributed by atoms with Gasteiger partial charge in [-0.3, -0.25) is 9.69 Å². The number of hydrogen-bond acceptors (Lipinski definition) is 5. The second-order valence-corrected chi connectivity index (χ2v) is 8.71. The number of carbonyl (C=O) groups excluding carboxylic acids is 1. The van der Waals surface area contributed by atoms with Crippen molar-refractivity contribution in [3.05, 3.63) is 53.4 Å². The van der Waals surface area contributed by atoms with E-state index in [1.54, 1.807) is 0 Å². The van der Waals surface area contributed by atoms with Gasteiger partial charge in [0, 0.05) is 25.1 Å². The molecule has 1 amide bonds. The number of carbonyl (C=O) groups is 1. The quantitative estimate of drug-likeness (QED) is 0.682. The first-order valence-corrected chi connectivity index (χ1v) is 10.8. The highest BCUT2D eigenvalue weighted by Crippen LogP contribution is 2.27. The number of rotatable bonds is 9. The third-order valence-corrected chi connectivity index (χ3v) is 5.96. The Kier molecular flexibility index (Phi) is 6.62. The third kappa shape index (κ3) is 6.15. The summed E-state index contributed by atoms with van der Waals surface area (Å²) in [5, 5.41) is 10.9. The zero-order chi connectivity index (χ0) is 20.1. The van der Waals surface area contributed by atoms with Gasteiger partial charge in [-0.25, -0.2) is 0 Å². The van der Waals surface area contributed by atoms with E-state index in [1.807, 2.05) is 6.07 Å². The zero-order valence-electron chi connectivity index (χ0n) is 17.3. The topological polar surface area (TPSA) is 70.4 Å². The Morgan fingerprint density at radius 2 is 2.03 bits per heavy atom. The third-order valence-electron chi connectivity index (χ3n) is 5.96. The van der Waals surface area contributed by atoms with Crippen molar-refractivity contribution in [3.63, 3.8) is 0 Å². The van der Waals surface area contributed by atoms with Crippen LogP contribution in [0, 0.1) is 11.8 Å². The highest BCUT2D eigenvalue weighted by Gasteiger charge is 2.30. The maximum Gasteiger partial charge on any atom is 0.220 e. The Bertz CT molecular complexity index is 787. The maximum atomic E-state index is 12.3. The molecule has 29 heavy (non-hydrogen) atoms. The lowest BCUT2D eigenvalue weighted by Gasteiger charge is -2.31. The minimum absolute atomic E-state index is 0.216. The Labute approximate surface area is 173 Å². The first-order chi connectivity index (χ1) is 14.2. The summed E-state index contributed by atoms with van der Waals surface area (Å²) >= 11 is 0. The largest absolute Gasteiger partial charge is 0.360 e. The predicted octanol–water partition coefficient (Wildman–Crippen LogP) is 2.74. The molecule has 4 rings (SSSR count). The second-order valence-electron chi connectivity index (χ2n) is 8.71. The number of benzene rings is 1. The van der Waals surface area contributed by atoms with E-state index in [2.05, 4.69) is 58.1 Å². The molecular weight excluding hydrogens is 364 g/mol. The van der Waals surface area contributed by atoms with Crippen LogP contribution in [-0.4, -0.2) is 42.1 Å². The minimum Gasteiger partial charge on any atom is -0.360 e. The molecule has 2 aliphatic rings. The molecular formula is C23H32N4O2. The van der Waals surface area contributed by atoms with Gasteiger partial charge in [-0.05, 0) is 63.2 Å². The standard InChI is InChI=1S/C23H32N4O2/c1-27(15-17-5-3-2-4-6-17)16-22-13-21(26-29-22)11-19-14-24-10-9-18(19)12-23(28)25-20-7-8-20/h2-6,13,18-20,24H,7-12,14-16H2,1H3,(H,25,28). The van der Waals surface area contributed by atoms with E-state index in [0.717, 1.165) is 63.3 Å². The van der Waals surface area contributed by atoms with Gasteiger partial charge in [0.1, 0.15) is 0 Å². The molecule has 2 unspecified atom stereocenters. The number of amides is 1. The smallest absolute Gasteiger partial charge is 0.220 e. The van der Waals surface area contributed by atoms with Crippen LogP contribution in [0.2, 0.25) is 0 Å². The predicted molar refractivity (Wildman–Crippen MR) is 112 cm³/mol. The van der Waals surface area contributed by atoms with E-state index < -0.39 is 0 Å². The van der Waals surface area contributed by atoms with Crippen LogP contribution < -0.4 is 10.6 Å². The molecule has 2 aromatic rings. The SMILES string of the molecule is CN(Cc1ccccc1)Cc1cc(CC2CNCCC2CC(=O)NC2CC2)no1. The number of nitrogens with zero attached hydrogens (tertiary/aromatic N) is 2. The van der Waals surface area contributed by atoms with Crippen molar-refractivity contribution in [2.45, 2.75) is 51.2 Å². The van der Waals surface area contributed by atoms with Crippen LogP contribution in [0.3, 0.4) is 0 Å². The van der Waals surface area contributed by atoms with E-state index in [1.165, 1.54) is 5.56 Å². The van der Waals surface area contributed by atoms with E-state index in [-0.39, 0.29) is 5.91 Å². The van der Waals surface area contributed by atoms with Gasteiger partial charge in [0.25, 0.3) is 0 Å². The summed E-state index contributed by atoms with van der Waals surface area (Å²) in [5.41, 5.74) is 2.28. The monoisotopic (exact) mass is 396 g/mol. The molecule has 1 aliphatic carbocycles. The molecule has 0 bridgehead atoms. The summed E-state index contributed by atoms with van der Waals surface area (Å²) in [6, 6.07) is 13.0. The summed E-state index contributed by atoms with van der Waals surface area (Å²) in [7, 11) is 2.09. The highest BCUT2D eigenvalue weighted by atomic mass is 16.5. The molecule has 2 atom stereocenters. The van der Waals surface area contributed by atoms with E-state index in [0.29, 0.717) is 24.3 Å². The normalized spacial score (nSPS) is 22.0. The molecule has 2 N–H and O–H groups in total. The van der Waals surface area contributed by atoms with Gasteiger partial charge in [0.2, 0.25) is 5.91 Å². The fraction of sp³-hybridized carbons (Fsp3) is 0.565. The van der Waals surface area contributed by atoms with Crippen molar-refractivity contribution >= 4 is 5.91 Å². The van der Waals surface area contributed by atoms with Crippen molar-refractivity contribution in [1.29, 1.82) is 0 Å². The molecule has 6 heteroatoms. The average Bonchev–Trinajstić information content (AvgIpc) is 3.41. The molecule has 1 saturated heterocycles. The molecule has 1 aromatic carbocycles. The van der Waals surface area contributed by atoms with Gasteiger partial charge in [-0.1, -0.05) is 35.5 Å². The van der Waals surface area contributed by atoms with Crippen LogP contribution in [-0.2, 0) is 24.3 Å². The van der Waals surface area contributed by atoms with Gasteiger partial charge in [0.15, 0.2) is 5.76 Å². The first-order valence-electron chi connectivity index (χ1n) is 10.8. The van der Waals surface area contributed by atoms with Crippen LogP contribution in [0.15, 0.2) is 40.9 Å². The molecule has 1 saturated carbocycles. The lowest BCUT2D eigenvalue weighted by Crippen LogP contribution is -2.40. The number of aromatic nitrogens is 1. The molecule has 6 nitrogen and oxygen atoms in total. The van der Waals surface area contributed by atoms with E-state index >= 15 is 0 Å². The Morgan fingerprint density at radius 3 is 2.83 bits per heavy atom. The van der Waals surface area contributed by atoms with Crippen molar-refractivity contribution in [3.8, 4) is 0 Å². The lowest BCUT2D eigenvalue weighted by molar-refractivity contribution is -0.122. The average molecular weight is 397 g/mol. The van der Waals surface area contributed by atoms with Crippen LogP contribution >= 0.6 is 0 Å².